The van der Waals surface area contributed by atoms with Crippen molar-refractivity contribution in [3.8, 4) is 0 Å². The molecule has 3 aromatic rings. The third-order valence-electron chi connectivity index (χ3n) is 5.24. The largest absolute Gasteiger partial charge is 0.346 e. The molecule has 0 bridgehead atoms. The third kappa shape index (κ3) is 3.68. The first-order valence-electron chi connectivity index (χ1n) is 10.00. The lowest BCUT2D eigenvalue weighted by Crippen LogP contribution is -2.34. The lowest BCUT2D eigenvalue weighted by Gasteiger charge is -2.20. The van der Waals surface area contributed by atoms with Gasteiger partial charge in [-0.25, -0.2) is 4.98 Å². The molecule has 154 valence electrons. The topological polar surface area (TPSA) is 108 Å². The van der Waals surface area contributed by atoms with Gasteiger partial charge in [0.25, 0.3) is 11.8 Å². The summed E-state index contributed by atoms with van der Waals surface area (Å²) in [6, 6.07) is 9.01. The van der Waals surface area contributed by atoms with Crippen molar-refractivity contribution < 1.29 is 14.4 Å². The molecule has 8 heteroatoms. The van der Waals surface area contributed by atoms with Gasteiger partial charge in [-0.05, 0) is 30.5 Å². The monoisotopic (exact) mass is 405 g/mol. The van der Waals surface area contributed by atoms with Crippen LogP contribution in [0.2, 0.25) is 0 Å². The predicted octanol–water partition coefficient (Wildman–Crippen LogP) is 2.85. The van der Waals surface area contributed by atoms with E-state index in [-0.39, 0.29) is 42.6 Å². The zero-order chi connectivity index (χ0) is 21.3. The zero-order valence-electron chi connectivity index (χ0n) is 16.9. The van der Waals surface area contributed by atoms with Crippen molar-refractivity contribution in [2.24, 2.45) is 5.92 Å². The summed E-state index contributed by atoms with van der Waals surface area (Å²) in [7, 11) is 0. The summed E-state index contributed by atoms with van der Waals surface area (Å²) < 4.78 is 0. The molecule has 1 atom stereocenters. The molecular weight excluding hydrogens is 382 g/mol. The predicted molar refractivity (Wildman–Crippen MR) is 111 cm³/mol. The molecule has 8 nitrogen and oxygen atoms in total. The maximum Gasteiger partial charge on any atom is 0.263 e. The number of aromatic nitrogens is 3. The van der Waals surface area contributed by atoms with E-state index in [1.807, 2.05) is 38.1 Å². The van der Waals surface area contributed by atoms with Crippen molar-refractivity contribution in [1.82, 2.24) is 25.2 Å². The Morgan fingerprint density at radius 2 is 1.90 bits per heavy atom. The second-order valence-electron chi connectivity index (χ2n) is 7.72. The molecule has 0 fully saturated rings. The van der Waals surface area contributed by atoms with E-state index in [9.17, 15) is 14.4 Å². The number of hydrogen-bond donors (Lipinski definition) is 2. The minimum atomic E-state index is -0.356. The Kier molecular flexibility index (Phi) is 5.31. The molecule has 2 aromatic heterocycles. The van der Waals surface area contributed by atoms with Crippen molar-refractivity contribution in [1.29, 1.82) is 0 Å². The van der Waals surface area contributed by atoms with Crippen LogP contribution < -0.4 is 5.32 Å². The lowest BCUT2D eigenvalue weighted by atomic mass is 10.0. The molecule has 0 radical (unpaired) electrons. The number of imide groups is 1. The Morgan fingerprint density at radius 1 is 1.13 bits per heavy atom. The van der Waals surface area contributed by atoms with E-state index in [0.717, 1.165) is 11.0 Å². The molecule has 30 heavy (non-hydrogen) atoms. The Balaban J connectivity index is 1.36. The van der Waals surface area contributed by atoms with Gasteiger partial charge in [-0.2, -0.15) is 0 Å². The fraction of sp³-hybridized carbons (Fsp3) is 0.318. The molecule has 1 aromatic carbocycles. The summed E-state index contributed by atoms with van der Waals surface area (Å²) in [5.74, 6) is 0.0176. The Hall–Kier alpha value is -3.55. The number of aromatic amines is 1. The van der Waals surface area contributed by atoms with Gasteiger partial charge < -0.3 is 10.3 Å². The van der Waals surface area contributed by atoms with Crippen LogP contribution in [0.5, 0.6) is 0 Å². The van der Waals surface area contributed by atoms with Gasteiger partial charge >= 0.3 is 0 Å². The number of carbonyl (C=O) groups is 3. The first-order valence-corrected chi connectivity index (χ1v) is 10.00. The van der Waals surface area contributed by atoms with Gasteiger partial charge in [-0.15, -0.1) is 0 Å². The third-order valence-corrected chi connectivity index (χ3v) is 5.24. The van der Waals surface area contributed by atoms with Crippen LogP contribution in [-0.4, -0.2) is 44.1 Å². The highest BCUT2D eigenvalue weighted by molar-refractivity contribution is 6.21. The lowest BCUT2D eigenvalue weighted by molar-refractivity contribution is -0.122. The van der Waals surface area contributed by atoms with E-state index < -0.39 is 0 Å². The number of benzene rings is 1. The standard InChI is InChI=1S/C22H23N5O3/c1-13(2)19(20-24-16-6-3-4-7-17(16)25-20)26-18(28)8-5-11-27-21(29)14-9-10-23-12-15(14)22(27)30/h3-4,6-7,9-10,12-13,19H,5,8,11H2,1-2H3,(H,24,25)(H,26,28)/t19-/m1/s1. The van der Waals surface area contributed by atoms with Crippen LogP contribution in [0.1, 0.15) is 59.3 Å². The average Bonchev–Trinajstić information content (AvgIpc) is 3.27. The number of rotatable bonds is 7. The highest BCUT2D eigenvalue weighted by Gasteiger charge is 2.35. The molecule has 3 heterocycles. The van der Waals surface area contributed by atoms with Crippen molar-refractivity contribution in [3.05, 3.63) is 59.7 Å². The number of pyridine rings is 1. The fourth-order valence-electron chi connectivity index (χ4n) is 3.65. The number of carbonyl (C=O) groups excluding carboxylic acids is 3. The Bertz CT molecular complexity index is 1050. The van der Waals surface area contributed by atoms with Crippen LogP contribution in [0, 0.1) is 5.92 Å². The first-order chi connectivity index (χ1) is 14.5. The number of hydrogen-bond acceptors (Lipinski definition) is 5. The molecule has 0 aliphatic carbocycles. The highest BCUT2D eigenvalue weighted by atomic mass is 16.2. The summed E-state index contributed by atoms with van der Waals surface area (Å²) >= 11 is 0. The molecule has 0 unspecified atom stereocenters. The quantitative estimate of drug-likeness (QED) is 0.588. The highest BCUT2D eigenvalue weighted by Crippen LogP contribution is 2.23. The Morgan fingerprint density at radius 3 is 2.63 bits per heavy atom. The normalized spacial score (nSPS) is 14.4. The number of para-hydroxylation sites is 2. The molecule has 0 saturated heterocycles. The van der Waals surface area contributed by atoms with Crippen molar-refractivity contribution in [2.75, 3.05) is 6.54 Å². The molecule has 4 rings (SSSR count). The van der Waals surface area contributed by atoms with Crippen molar-refractivity contribution in [2.45, 2.75) is 32.7 Å². The Labute approximate surface area is 173 Å². The van der Waals surface area contributed by atoms with Gasteiger partial charge in [-0.3, -0.25) is 24.3 Å². The van der Waals surface area contributed by atoms with E-state index in [4.69, 9.17) is 0 Å². The van der Waals surface area contributed by atoms with Crippen LogP contribution in [0.4, 0.5) is 0 Å². The molecule has 1 aliphatic rings. The fourth-order valence-corrected chi connectivity index (χ4v) is 3.65. The summed E-state index contributed by atoms with van der Waals surface area (Å²) in [6.07, 6.45) is 3.48. The van der Waals surface area contributed by atoms with Crippen LogP contribution in [0.15, 0.2) is 42.7 Å². The van der Waals surface area contributed by atoms with Gasteiger partial charge in [0.15, 0.2) is 0 Å². The molecule has 1 aliphatic heterocycles. The van der Waals surface area contributed by atoms with Crippen molar-refractivity contribution in [3.63, 3.8) is 0 Å². The molecule has 0 saturated carbocycles. The van der Waals surface area contributed by atoms with Crippen LogP contribution in [-0.2, 0) is 4.79 Å². The number of fused-ring (bicyclic) bond motifs is 2. The maximum absolute atomic E-state index is 12.6. The van der Waals surface area contributed by atoms with Gasteiger partial charge in [0.05, 0.1) is 28.2 Å². The first kappa shape index (κ1) is 19.8. The second kappa shape index (κ2) is 8.06. The van der Waals surface area contributed by atoms with E-state index in [2.05, 4.69) is 20.3 Å². The summed E-state index contributed by atoms with van der Waals surface area (Å²) in [5, 5.41) is 3.03. The van der Waals surface area contributed by atoms with Crippen LogP contribution >= 0.6 is 0 Å². The number of amides is 3. The maximum atomic E-state index is 12.6. The van der Waals surface area contributed by atoms with Crippen LogP contribution in [0.25, 0.3) is 11.0 Å². The van der Waals surface area contributed by atoms with Gasteiger partial charge in [0.2, 0.25) is 5.91 Å². The number of H-pyrrole nitrogens is 1. The van der Waals surface area contributed by atoms with E-state index >= 15 is 0 Å². The van der Waals surface area contributed by atoms with Crippen molar-refractivity contribution >= 4 is 28.8 Å². The summed E-state index contributed by atoms with van der Waals surface area (Å²) in [4.78, 5) is 50.3. The molecule has 0 spiro atoms. The molecular formula is C22H23N5O3. The van der Waals surface area contributed by atoms with Gasteiger partial charge in [-0.1, -0.05) is 26.0 Å². The van der Waals surface area contributed by atoms with Gasteiger partial charge in [0.1, 0.15) is 5.82 Å². The number of nitrogens with zero attached hydrogens (tertiary/aromatic N) is 3. The summed E-state index contributed by atoms with van der Waals surface area (Å²) in [5.41, 5.74) is 2.46. The van der Waals surface area contributed by atoms with E-state index in [1.165, 1.54) is 17.3 Å². The summed E-state index contributed by atoms with van der Waals surface area (Å²) in [6.45, 7) is 4.23. The van der Waals surface area contributed by atoms with Crippen LogP contribution in [0.3, 0.4) is 0 Å². The SMILES string of the molecule is CC(C)[C@@H](NC(=O)CCCN1C(=O)c2ccncc2C1=O)c1nc2ccccc2[nH]1. The molecule has 2 N–H and O–H groups in total. The molecule has 3 amide bonds. The smallest absolute Gasteiger partial charge is 0.263 e. The number of nitrogens with one attached hydrogen (secondary N) is 2. The zero-order valence-corrected chi connectivity index (χ0v) is 16.9. The minimum Gasteiger partial charge on any atom is -0.346 e. The van der Waals surface area contributed by atoms with Gasteiger partial charge in [0, 0.05) is 25.4 Å². The second-order valence-corrected chi connectivity index (χ2v) is 7.72. The minimum absolute atomic E-state index is 0.137. The number of imidazole rings is 1. The van der Waals surface area contributed by atoms with E-state index in [1.54, 1.807) is 6.07 Å². The average molecular weight is 405 g/mol. The van der Waals surface area contributed by atoms with E-state index in [0.29, 0.717) is 23.4 Å².